The van der Waals surface area contributed by atoms with E-state index in [1.54, 1.807) is 0 Å². The number of hydrogen-bond acceptors (Lipinski definition) is 5. The number of rotatable bonds is 7. The monoisotopic (exact) mass is 274 g/mol. The second-order valence-corrected chi connectivity index (χ2v) is 4.50. The van der Waals surface area contributed by atoms with Gasteiger partial charge in [0.1, 0.15) is 0 Å². The van der Waals surface area contributed by atoms with Crippen LogP contribution in [0, 0.1) is 0 Å². The third-order valence-corrected chi connectivity index (χ3v) is 2.99. The highest BCUT2D eigenvalue weighted by Gasteiger charge is 2.09. The van der Waals surface area contributed by atoms with E-state index in [1.807, 2.05) is 30.3 Å². The molecule has 3 N–H and O–H groups in total. The van der Waals surface area contributed by atoms with Crippen LogP contribution in [0.3, 0.4) is 0 Å². The van der Waals surface area contributed by atoms with Crippen LogP contribution in [0.5, 0.6) is 0 Å². The van der Waals surface area contributed by atoms with E-state index < -0.39 is 0 Å². The summed E-state index contributed by atoms with van der Waals surface area (Å²) in [5.41, 5.74) is 7.08. The van der Waals surface area contributed by atoms with Gasteiger partial charge in [0.05, 0.1) is 0 Å². The van der Waals surface area contributed by atoms with Gasteiger partial charge >= 0.3 is 0 Å². The summed E-state index contributed by atoms with van der Waals surface area (Å²) in [5, 5.41) is 6.48. The third-order valence-electron chi connectivity index (χ3n) is 2.99. The Morgan fingerprint density at radius 1 is 1.35 bits per heavy atom. The summed E-state index contributed by atoms with van der Waals surface area (Å²) in [6, 6.07) is 9.66. The minimum atomic E-state index is -0.112. The van der Waals surface area contributed by atoms with Crippen molar-refractivity contribution >= 4 is 5.91 Å². The van der Waals surface area contributed by atoms with Gasteiger partial charge in [-0.1, -0.05) is 35.5 Å². The van der Waals surface area contributed by atoms with Gasteiger partial charge < -0.3 is 15.6 Å². The number of aromatic nitrogens is 2. The van der Waals surface area contributed by atoms with E-state index >= 15 is 0 Å². The number of nitrogens with one attached hydrogen (secondary N) is 1. The van der Waals surface area contributed by atoms with Crippen molar-refractivity contribution in [2.75, 3.05) is 6.54 Å². The first-order valence-corrected chi connectivity index (χ1v) is 6.58. The zero-order valence-electron chi connectivity index (χ0n) is 11.2. The summed E-state index contributed by atoms with van der Waals surface area (Å²) >= 11 is 0. The first kappa shape index (κ1) is 14.2. The van der Waals surface area contributed by atoms with Crippen LogP contribution in [0.2, 0.25) is 0 Å². The first-order chi connectivity index (χ1) is 9.75. The molecule has 1 amide bonds. The maximum absolute atomic E-state index is 11.7. The number of amides is 1. The molecule has 0 radical (unpaired) electrons. The quantitative estimate of drug-likeness (QED) is 0.791. The number of carbonyl (C=O) groups is 1. The fraction of sp³-hybridized carbons (Fsp3) is 0.357. The Bertz CT molecular complexity index is 513. The van der Waals surface area contributed by atoms with Gasteiger partial charge in [-0.3, -0.25) is 4.79 Å². The zero-order chi connectivity index (χ0) is 14.2. The minimum absolute atomic E-state index is 0.0140. The molecule has 0 bridgehead atoms. The summed E-state index contributed by atoms with van der Waals surface area (Å²) in [6.45, 7) is 0.499. The standard InChI is InChI=1S/C14H18N4O2/c15-12(11-4-2-1-3-5-11)6-7-14(19)16-9-8-13-17-10-20-18-13/h1-5,10,12H,6-9,15H2,(H,16,19). The topological polar surface area (TPSA) is 94.0 Å². The third kappa shape index (κ3) is 4.47. The minimum Gasteiger partial charge on any atom is -0.356 e. The predicted octanol–water partition coefficient (Wildman–Crippen LogP) is 1.21. The Hall–Kier alpha value is -2.21. The number of nitrogens with zero attached hydrogens (tertiary/aromatic N) is 2. The zero-order valence-corrected chi connectivity index (χ0v) is 11.2. The number of hydrogen-bond donors (Lipinski definition) is 2. The SMILES string of the molecule is NC(CCC(=O)NCCc1ncon1)c1ccccc1. The second-order valence-electron chi connectivity index (χ2n) is 4.50. The molecule has 1 heterocycles. The van der Waals surface area contributed by atoms with Crippen molar-refractivity contribution in [2.45, 2.75) is 25.3 Å². The number of benzene rings is 1. The van der Waals surface area contributed by atoms with Crippen molar-refractivity contribution in [3.05, 3.63) is 48.1 Å². The Morgan fingerprint density at radius 2 is 2.15 bits per heavy atom. The molecule has 2 rings (SSSR count). The highest BCUT2D eigenvalue weighted by atomic mass is 16.5. The molecule has 0 aliphatic carbocycles. The average molecular weight is 274 g/mol. The molecule has 1 aromatic carbocycles. The van der Waals surface area contributed by atoms with Crippen LogP contribution in [0.25, 0.3) is 0 Å². The maximum Gasteiger partial charge on any atom is 0.220 e. The fourth-order valence-corrected chi connectivity index (χ4v) is 1.86. The van der Waals surface area contributed by atoms with Gasteiger partial charge in [-0.2, -0.15) is 4.98 Å². The normalized spacial score (nSPS) is 12.1. The Kier molecular flexibility index (Phi) is 5.25. The van der Waals surface area contributed by atoms with Crippen molar-refractivity contribution < 1.29 is 9.32 Å². The predicted molar refractivity (Wildman–Crippen MR) is 73.6 cm³/mol. The van der Waals surface area contributed by atoms with Crippen LogP contribution >= 0.6 is 0 Å². The summed E-state index contributed by atoms with van der Waals surface area (Å²) < 4.78 is 4.61. The van der Waals surface area contributed by atoms with E-state index in [4.69, 9.17) is 5.73 Å². The average Bonchev–Trinajstić information content (AvgIpc) is 2.99. The van der Waals surface area contributed by atoms with Gasteiger partial charge in [-0.25, -0.2) is 0 Å². The summed E-state index contributed by atoms with van der Waals surface area (Å²) in [4.78, 5) is 15.6. The lowest BCUT2D eigenvalue weighted by molar-refractivity contribution is -0.121. The van der Waals surface area contributed by atoms with Crippen LogP contribution in [0.1, 0.15) is 30.3 Å². The van der Waals surface area contributed by atoms with Crippen LogP contribution in [-0.4, -0.2) is 22.6 Å². The Labute approximate surface area is 117 Å². The van der Waals surface area contributed by atoms with E-state index in [-0.39, 0.29) is 11.9 Å². The van der Waals surface area contributed by atoms with Crippen molar-refractivity contribution in [1.82, 2.24) is 15.5 Å². The van der Waals surface area contributed by atoms with Gasteiger partial charge in [0.15, 0.2) is 5.82 Å². The molecule has 0 saturated carbocycles. The molecular weight excluding hydrogens is 256 g/mol. The highest BCUT2D eigenvalue weighted by Crippen LogP contribution is 2.14. The smallest absolute Gasteiger partial charge is 0.220 e. The lowest BCUT2D eigenvalue weighted by atomic mass is 10.0. The largest absolute Gasteiger partial charge is 0.356 e. The number of nitrogens with two attached hydrogens (primary N) is 1. The van der Waals surface area contributed by atoms with Crippen LogP contribution in [-0.2, 0) is 11.2 Å². The molecule has 1 aromatic heterocycles. The van der Waals surface area contributed by atoms with Crippen LogP contribution in [0.15, 0.2) is 41.2 Å². The molecule has 1 unspecified atom stereocenters. The van der Waals surface area contributed by atoms with Crippen molar-refractivity contribution in [1.29, 1.82) is 0 Å². The molecule has 6 nitrogen and oxygen atoms in total. The van der Waals surface area contributed by atoms with Gasteiger partial charge in [-0.15, -0.1) is 0 Å². The molecule has 1 atom stereocenters. The molecule has 20 heavy (non-hydrogen) atoms. The molecule has 0 fully saturated rings. The summed E-state index contributed by atoms with van der Waals surface area (Å²) in [5.74, 6) is 0.575. The molecule has 0 aliphatic rings. The molecule has 0 spiro atoms. The van der Waals surface area contributed by atoms with Gasteiger partial charge in [0.2, 0.25) is 12.3 Å². The lowest BCUT2D eigenvalue weighted by Gasteiger charge is -2.11. The second kappa shape index (κ2) is 7.40. The van der Waals surface area contributed by atoms with Gasteiger partial charge in [-0.05, 0) is 12.0 Å². The van der Waals surface area contributed by atoms with Crippen LogP contribution in [0.4, 0.5) is 0 Å². The highest BCUT2D eigenvalue weighted by molar-refractivity contribution is 5.75. The van der Waals surface area contributed by atoms with E-state index in [0.717, 1.165) is 5.56 Å². The van der Waals surface area contributed by atoms with E-state index in [1.165, 1.54) is 6.39 Å². The van der Waals surface area contributed by atoms with E-state index in [9.17, 15) is 4.79 Å². The van der Waals surface area contributed by atoms with Crippen molar-refractivity contribution in [3.63, 3.8) is 0 Å². The Morgan fingerprint density at radius 3 is 2.85 bits per heavy atom. The molecule has 2 aromatic rings. The Balaban J connectivity index is 1.65. The molecule has 106 valence electrons. The number of carbonyl (C=O) groups excluding carboxylic acids is 1. The fourth-order valence-electron chi connectivity index (χ4n) is 1.86. The lowest BCUT2D eigenvalue weighted by Crippen LogP contribution is -2.26. The van der Waals surface area contributed by atoms with Crippen LogP contribution < -0.4 is 11.1 Å². The summed E-state index contributed by atoms with van der Waals surface area (Å²) in [7, 11) is 0. The van der Waals surface area contributed by atoms with Gasteiger partial charge in [0.25, 0.3) is 0 Å². The van der Waals surface area contributed by atoms with Crippen molar-refractivity contribution in [2.24, 2.45) is 5.73 Å². The molecular formula is C14H18N4O2. The van der Waals surface area contributed by atoms with Gasteiger partial charge in [0, 0.05) is 25.4 Å². The summed E-state index contributed by atoms with van der Waals surface area (Å²) in [6.07, 6.45) is 2.86. The molecule has 0 aliphatic heterocycles. The van der Waals surface area contributed by atoms with E-state index in [2.05, 4.69) is 20.0 Å². The first-order valence-electron chi connectivity index (χ1n) is 6.58. The molecule has 6 heteroatoms. The van der Waals surface area contributed by atoms with E-state index in [0.29, 0.717) is 31.6 Å². The maximum atomic E-state index is 11.7. The van der Waals surface area contributed by atoms with Crippen molar-refractivity contribution in [3.8, 4) is 0 Å². The molecule has 0 saturated heterocycles.